The highest BCUT2D eigenvalue weighted by molar-refractivity contribution is 5.71. The second kappa shape index (κ2) is 58.7. The van der Waals surface area contributed by atoms with E-state index < -0.39 is 6.10 Å². The Hall–Kier alpha value is -1.85. The molecule has 0 saturated heterocycles. The maximum absolute atomic E-state index is 12.7. The van der Waals surface area contributed by atoms with Crippen molar-refractivity contribution in [2.24, 2.45) is 0 Å². The molecule has 1 unspecified atom stereocenters. The summed E-state index contributed by atoms with van der Waals surface area (Å²) in [7, 11) is 0. The highest BCUT2D eigenvalue weighted by atomic mass is 16.6. The largest absolute Gasteiger partial charge is 0.462 e. The molecule has 0 aliphatic rings. The SMILES string of the molecule is CCCCCCCCCC/C=C\CCCCCCCCCCCCCCCCCCCCCCCCCC(=O)OCC(COC(=O)CCCCCCCC)OC(=O)CCCCCCCCCCCC. The van der Waals surface area contributed by atoms with Crippen molar-refractivity contribution in [1.82, 2.24) is 0 Å². The van der Waals surface area contributed by atoms with Crippen molar-refractivity contribution < 1.29 is 28.6 Å². The Bertz CT molecular complexity index is 1070. The first-order valence-electron chi connectivity index (χ1n) is 31.2. The van der Waals surface area contributed by atoms with Crippen molar-refractivity contribution >= 4 is 17.9 Å². The van der Waals surface area contributed by atoms with Gasteiger partial charge >= 0.3 is 17.9 Å². The van der Waals surface area contributed by atoms with Crippen molar-refractivity contribution in [2.75, 3.05) is 13.2 Å². The second-order valence-electron chi connectivity index (χ2n) is 21.3. The number of hydrogen-bond donors (Lipinski definition) is 0. The lowest BCUT2D eigenvalue weighted by molar-refractivity contribution is -0.167. The average molecular weight is 974 g/mol. The molecule has 0 aliphatic heterocycles. The van der Waals surface area contributed by atoms with Crippen molar-refractivity contribution in [3.05, 3.63) is 12.2 Å². The van der Waals surface area contributed by atoms with E-state index >= 15 is 0 Å². The molecule has 69 heavy (non-hydrogen) atoms. The smallest absolute Gasteiger partial charge is 0.306 e. The van der Waals surface area contributed by atoms with Crippen LogP contribution in [0.15, 0.2) is 12.2 Å². The molecule has 0 aromatic heterocycles. The zero-order valence-corrected chi connectivity index (χ0v) is 46.9. The van der Waals surface area contributed by atoms with Gasteiger partial charge in [-0.25, -0.2) is 0 Å². The van der Waals surface area contributed by atoms with Crippen LogP contribution in [0.5, 0.6) is 0 Å². The van der Waals surface area contributed by atoms with Crippen molar-refractivity contribution in [3.8, 4) is 0 Å². The number of esters is 3. The monoisotopic (exact) mass is 973 g/mol. The number of carbonyl (C=O) groups is 3. The summed E-state index contributed by atoms with van der Waals surface area (Å²) in [6.07, 6.45) is 68.6. The summed E-state index contributed by atoms with van der Waals surface area (Å²) in [4.78, 5) is 37.7. The van der Waals surface area contributed by atoms with Crippen LogP contribution in [0.3, 0.4) is 0 Å². The second-order valence-corrected chi connectivity index (χ2v) is 21.3. The van der Waals surface area contributed by atoms with Gasteiger partial charge in [0.05, 0.1) is 0 Å². The molecule has 0 amide bonds. The number of rotatable bonds is 58. The minimum absolute atomic E-state index is 0.0641. The van der Waals surface area contributed by atoms with Gasteiger partial charge in [-0.05, 0) is 44.9 Å². The van der Waals surface area contributed by atoms with Crippen molar-refractivity contribution in [2.45, 2.75) is 361 Å². The minimum atomic E-state index is -0.759. The number of hydrogen-bond acceptors (Lipinski definition) is 6. The van der Waals surface area contributed by atoms with E-state index in [4.69, 9.17) is 14.2 Å². The molecule has 0 fully saturated rings. The molecule has 0 spiro atoms. The first-order chi connectivity index (χ1) is 34.0. The van der Waals surface area contributed by atoms with Crippen LogP contribution < -0.4 is 0 Å². The maximum atomic E-state index is 12.7. The van der Waals surface area contributed by atoms with E-state index in [1.54, 1.807) is 0 Å². The fraction of sp³-hybridized carbons (Fsp3) is 0.921. The predicted octanol–water partition coefficient (Wildman–Crippen LogP) is 20.9. The van der Waals surface area contributed by atoms with Crippen molar-refractivity contribution in [3.63, 3.8) is 0 Å². The first-order valence-corrected chi connectivity index (χ1v) is 31.2. The van der Waals surface area contributed by atoms with Gasteiger partial charge in [-0.1, -0.05) is 303 Å². The Kier molecular flexibility index (Phi) is 57.1. The van der Waals surface area contributed by atoms with Crippen LogP contribution in [0.25, 0.3) is 0 Å². The third-order valence-corrected chi connectivity index (χ3v) is 14.3. The Morgan fingerprint density at radius 1 is 0.275 bits per heavy atom. The lowest BCUT2D eigenvalue weighted by Gasteiger charge is -2.18. The molecular weight excluding hydrogens is 853 g/mol. The summed E-state index contributed by atoms with van der Waals surface area (Å²) in [5.74, 6) is -0.856. The summed E-state index contributed by atoms with van der Waals surface area (Å²) in [5, 5.41) is 0. The molecule has 1 atom stereocenters. The number of allylic oxidation sites excluding steroid dienone is 2. The highest BCUT2D eigenvalue weighted by Gasteiger charge is 2.19. The first kappa shape index (κ1) is 67.1. The van der Waals surface area contributed by atoms with Crippen LogP contribution in [-0.2, 0) is 28.6 Å². The third kappa shape index (κ3) is 56.9. The van der Waals surface area contributed by atoms with E-state index in [1.807, 2.05) is 0 Å². The van der Waals surface area contributed by atoms with E-state index in [9.17, 15) is 14.4 Å². The van der Waals surface area contributed by atoms with Gasteiger partial charge in [0, 0.05) is 19.3 Å². The van der Waals surface area contributed by atoms with Crippen molar-refractivity contribution in [1.29, 1.82) is 0 Å². The molecule has 0 rings (SSSR count). The molecule has 0 heterocycles. The standard InChI is InChI=1S/C63H120O6/c1-4-7-10-13-16-18-20-21-22-23-24-25-26-27-28-29-30-31-32-33-34-35-36-37-38-39-40-41-42-43-44-46-47-50-53-56-62(65)68-59-60(58-67-61(64)55-52-49-15-12-9-6-3)69-63(66)57-54-51-48-45-19-17-14-11-8-5-2/h23-24,60H,4-22,25-59H2,1-3H3/b24-23-. The third-order valence-electron chi connectivity index (χ3n) is 14.3. The fourth-order valence-corrected chi connectivity index (χ4v) is 9.56. The van der Waals surface area contributed by atoms with Gasteiger partial charge in [0.25, 0.3) is 0 Å². The Morgan fingerprint density at radius 2 is 0.478 bits per heavy atom. The number of carbonyl (C=O) groups excluding carboxylic acids is 3. The topological polar surface area (TPSA) is 78.9 Å². The summed E-state index contributed by atoms with van der Waals surface area (Å²) in [6.45, 7) is 6.61. The van der Waals surface area contributed by atoms with E-state index in [0.717, 1.165) is 57.8 Å². The van der Waals surface area contributed by atoms with Gasteiger partial charge in [-0.15, -0.1) is 0 Å². The summed E-state index contributed by atoms with van der Waals surface area (Å²) in [6, 6.07) is 0. The molecule has 6 heteroatoms. The average Bonchev–Trinajstić information content (AvgIpc) is 3.35. The molecule has 408 valence electrons. The van der Waals surface area contributed by atoms with Crippen LogP contribution in [0.2, 0.25) is 0 Å². The lowest BCUT2D eigenvalue weighted by Crippen LogP contribution is -2.30. The molecule has 0 radical (unpaired) electrons. The van der Waals surface area contributed by atoms with Gasteiger partial charge in [-0.3, -0.25) is 14.4 Å². The van der Waals surface area contributed by atoms with Gasteiger partial charge in [0.2, 0.25) is 0 Å². The van der Waals surface area contributed by atoms with Gasteiger partial charge in [-0.2, -0.15) is 0 Å². The lowest BCUT2D eigenvalue weighted by atomic mass is 10.0. The molecule has 0 aliphatic carbocycles. The number of ether oxygens (including phenoxy) is 3. The van der Waals surface area contributed by atoms with E-state index in [0.29, 0.717) is 19.3 Å². The summed E-state index contributed by atoms with van der Waals surface area (Å²) < 4.78 is 16.7. The van der Waals surface area contributed by atoms with Crippen LogP contribution >= 0.6 is 0 Å². The van der Waals surface area contributed by atoms with Crippen LogP contribution in [0.4, 0.5) is 0 Å². The molecule has 0 aromatic rings. The molecule has 0 N–H and O–H groups in total. The highest BCUT2D eigenvalue weighted by Crippen LogP contribution is 2.18. The molecule has 0 saturated carbocycles. The van der Waals surface area contributed by atoms with Crippen LogP contribution in [0.1, 0.15) is 355 Å². The van der Waals surface area contributed by atoms with Crippen LogP contribution in [0, 0.1) is 0 Å². The zero-order chi connectivity index (χ0) is 50.0. The minimum Gasteiger partial charge on any atom is -0.462 e. The summed E-state index contributed by atoms with van der Waals surface area (Å²) in [5.41, 5.74) is 0. The maximum Gasteiger partial charge on any atom is 0.306 e. The molecule has 0 bridgehead atoms. The fourth-order valence-electron chi connectivity index (χ4n) is 9.56. The Labute approximate surface area is 431 Å². The van der Waals surface area contributed by atoms with E-state index in [2.05, 4.69) is 32.9 Å². The number of unbranched alkanes of at least 4 members (excludes halogenated alkanes) is 45. The van der Waals surface area contributed by atoms with Gasteiger partial charge in [0.1, 0.15) is 13.2 Å². The summed E-state index contributed by atoms with van der Waals surface area (Å²) >= 11 is 0. The predicted molar refractivity (Wildman–Crippen MR) is 298 cm³/mol. The van der Waals surface area contributed by atoms with E-state index in [1.165, 1.54) is 257 Å². The molecule has 0 aromatic carbocycles. The molecule has 6 nitrogen and oxygen atoms in total. The van der Waals surface area contributed by atoms with Gasteiger partial charge < -0.3 is 14.2 Å². The Balaban J connectivity index is 3.78. The molecular formula is C63H120O6. The van der Waals surface area contributed by atoms with E-state index in [-0.39, 0.29) is 31.1 Å². The quantitative estimate of drug-likeness (QED) is 0.0261. The van der Waals surface area contributed by atoms with Gasteiger partial charge in [0.15, 0.2) is 6.10 Å². The zero-order valence-electron chi connectivity index (χ0n) is 46.9. The normalized spacial score (nSPS) is 12.0. The van der Waals surface area contributed by atoms with Crippen LogP contribution in [-0.4, -0.2) is 37.2 Å². The Morgan fingerprint density at radius 3 is 0.725 bits per heavy atom.